The lowest BCUT2D eigenvalue weighted by Gasteiger charge is -2.26. The average Bonchev–Trinajstić information content (AvgIpc) is 2.71. The Morgan fingerprint density at radius 2 is 2.22 bits per heavy atom. The van der Waals surface area contributed by atoms with Crippen molar-refractivity contribution in [3.8, 4) is 0 Å². The summed E-state index contributed by atoms with van der Waals surface area (Å²) in [6, 6.07) is 2.13. The Hall–Kier alpha value is -0.870. The highest BCUT2D eigenvalue weighted by Crippen LogP contribution is 2.30. The van der Waals surface area contributed by atoms with Crippen LogP contribution in [0, 0.1) is 12.8 Å². The molecular weight excluding hydrogens is 246 g/mol. The molecule has 1 heterocycles. The zero-order valence-corrected chi connectivity index (χ0v) is 12.4. The standard InChI is InChI=1S/C14H23NO2S/c1-5-11(13(16)17)8-15-9-14(3,4)12-10(2)6-7-18-12/h6-7,11,15H,5,8-9H2,1-4H3,(H,16,17). The maximum atomic E-state index is 10.9. The van der Waals surface area contributed by atoms with Crippen LogP contribution in [-0.4, -0.2) is 24.2 Å². The lowest BCUT2D eigenvalue weighted by Crippen LogP contribution is -2.37. The summed E-state index contributed by atoms with van der Waals surface area (Å²) in [5, 5.41) is 14.4. The molecule has 0 amide bonds. The Morgan fingerprint density at radius 3 is 2.67 bits per heavy atom. The van der Waals surface area contributed by atoms with Gasteiger partial charge in [-0.25, -0.2) is 0 Å². The summed E-state index contributed by atoms with van der Waals surface area (Å²) >= 11 is 1.77. The summed E-state index contributed by atoms with van der Waals surface area (Å²) < 4.78 is 0. The highest BCUT2D eigenvalue weighted by Gasteiger charge is 2.24. The second-order valence-electron chi connectivity index (χ2n) is 5.39. The molecule has 0 spiro atoms. The summed E-state index contributed by atoms with van der Waals surface area (Å²) in [6.45, 7) is 9.77. The average molecular weight is 269 g/mol. The van der Waals surface area contributed by atoms with Crippen LogP contribution in [0.4, 0.5) is 0 Å². The van der Waals surface area contributed by atoms with E-state index in [4.69, 9.17) is 5.11 Å². The molecule has 2 N–H and O–H groups in total. The van der Waals surface area contributed by atoms with E-state index in [9.17, 15) is 4.79 Å². The van der Waals surface area contributed by atoms with Crippen molar-refractivity contribution >= 4 is 17.3 Å². The van der Waals surface area contributed by atoms with Crippen molar-refractivity contribution in [3.63, 3.8) is 0 Å². The number of carbonyl (C=O) groups is 1. The van der Waals surface area contributed by atoms with Gasteiger partial charge in [-0.1, -0.05) is 20.8 Å². The smallest absolute Gasteiger partial charge is 0.307 e. The molecule has 1 aromatic rings. The predicted molar refractivity (Wildman–Crippen MR) is 76.4 cm³/mol. The first-order valence-corrected chi connectivity index (χ1v) is 7.24. The van der Waals surface area contributed by atoms with E-state index >= 15 is 0 Å². The number of aryl methyl sites for hydroxylation is 1. The van der Waals surface area contributed by atoms with E-state index < -0.39 is 5.97 Å². The van der Waals surface area contributed by atoms with Gasteiger partial charge in [0, 0.05) is 23.4 Å². The van der Waals surface area contributed by atoms with Gasteiger partial charge < -0.3 is 10.4 Å². The van der Waals surface area contributed by atoms with Crippen LogP contribution < -0.4 is 5.32 Å². The molecule has 0 aliphatic carbocycles. The Bertz CT molecular complexity index is 398. The van der Waals surface area contributed by atoms with Gasteiger partial charge in [-0.2, -0.15) is 0 Å². The topological polar surface area (TPSA) is 49.3 Å². The molecule has 0 radical (unpaired) electrons. The number of carboxylic acids is 1. The first-order valence-electron chi connectivity index (χ1n) is 6.36. The normalized spacial score (nSPS) is 13.6. The van der Waals surface area contributed by atoms with Crippen LogP contribution in [0.2, 0.25) is 0 Å². The molecular formula is C14H23NO2S. The monoisotopic (exact) mass is 269 g/mol. The van der Waals surface area contributed by atoms with Crippen molar-refractivity contribution in [2.45, 2.75) is 39.5 Å². The maximum absolute atomic E-state index is 10.9. The van der Waals surface area contributed by atoms with Crippen LogP contribution in [0.3, 0.4) is 0 Å². The first kappa shape index (κ1) is 15.2. The predicted octanol–water partition coefficient (Wildman–Crippen LogP) is 3.03. The van der Waals surface area contributed by atoms with Gasteiger partial charge in [-0.15, -0.1) is 11.3 Å². The number of hydrogen-bond donors (Lipinski definition) is 2. The quantitative estimate of drug-likeness (QED) is 0.800. The molecule has 0 saturated heterocycles. The van der Waals surface area contributed by atoms with Crippen molar-refractivity contribution in [3.05, 3.63) is 21.9 Å². The summed E-state index contributed by atoms with van der Waals surface area (Å²) in [7, 11) is 0. The molecule has 0 aliphatic heterocycles. The molecule has 1 rings (SSSR count). The Labute approximate surface area is 113 Å². The summed E-state index contributed by atoms with van der Waals surface area (Å²) in [5.74, 6) is -1.000. The van der Waals surface area contributed by atoms with Crippen molar-refractivity contribution in [2.24, 2.45) is 5.92 Å². The minimum absolute atomic E-state index is 0.0506. The minimum atomic E-state index is -0.713. The second kappa shape index (κ2) is 6.34. The molecule has 18 heavy (non-hydrogen) atoms. The van der Waals surface area contributed by atoms with E-state index in [1.165, 1.54) is 10.4 Å². The Morgan fingerprint density at radius 1 is 1.56 bits per heavy atom. The lowest BCUT2D eigenvalue weighted by atomic mass is 9.89. The van der Waals surface area contributed by atoms with Crippen molar-refractivity contribution < 1.29 is 9.90 Å². The molecule has 1 atom stereocenters. The summed E-state index contributed by atoms with van der Waals surface area (Å²) in [6.07, 6.45) is 0.667. The number of rotatable bonds is 7. The van der Waals surface area contributed by atoms with E-state index in [2.05, 4.69) is 37.5 Å². The fourth-order valence-corrected chi connectivity index (χ4v) is 3.16. The van der Waals surface area contributed by atoms with Gasteiger partial charge in [0.1, 0.15) is 0 Å². The number of hydrogen-bond acceptors (Lipinski definition) is 3. The third-order valence-electron chi connectivity index (χ3n) is 3.28. The van der Waals surface area contributed by atoms with Gasteiger partial charge in [0.15, 0.2) is 0 Å². The van der Waals surface area contributed by atoms with Crippen LogP contribution in [0.15, 0.2) is 11.4 Å². The van der Waals surface area contributed by atoms with Crippen LogP contribution in [-0.2, 0) is 10.2 Å². The molecule has 3 nitrogen and oxygen atoms in total. The second-order valence-corrected chi connectivity index (χ2v) is 6.31. The number of aliphatic carboxylic acids is 1. The summed E-state index contributed by atoms with van der Waals surface area (Å²) in [5.41, 5.74) is 1.37. The number of thiophene rings is 1. The molecule has 1 aromatic heterocycles. The van der Waals surface area contributed by atoms with Crippen LogP contribution in [0.5, 0.6) is 0 Å². The maximum Gasteiger partial charge on any atom is 0.307 e. The van der Waals surface area contributed by atoms with Crippen LogP contribution in [0.25, 0.3) is 0 Å². The SMILES string of the molecule is CCC(CNCC(C)(C)c1sccc1C)C(=O)O. The van der Waals surface area contributed by atoms with E-state index in [-0.39, 0.29) is 11.3 Å². The van der Waals surface area contributed by atoms with Crippen molar-refractivity contribution in [2.75, 3.05) is 13.1 Å². The Balaban J connectivity index is 2.53. The molecule has 102 valence electrons. The van der Waals surface area contributed by atoms with Gasteiger partial charge in [0.2, 0.25) is 0 Å². The molecule has 0 bridgehead atoms. The van der Waals surface area contributed by atoms with E-state index in [0.717, 1.165) is 6.54 Å². The van der Waals surface area contributed by atoms with Gasteiger partial charge in [-0.05, 0) is 30.4 Å². The molecule has 0 aliphatic rings. The fourth-order valence-electron chi connectivity index (χ4n) is 2.11. The van der Waals surface area contributed by atoms with E-state index in [1.54, 1.807) is 11.3 Å². The first-order chi connectivity index (χ1) is 8.38. The third kappa shape index (κ3) is 3.82. The van der Waals surface area contributed by atoms with Crippen molar-refractivity contribution in [1.29, 1.82) is 0 Å². The zero-order valence-electron chi connectivity index (χ0n) is 11.6. The largest absolute Gasteiger partial charge is 0.481 e. The minimum Gasteiger partial charge on any atom is -0.481 e. The van der Waals surface area contributed by atoms with E-state index in [0.29, 0.717) is 13.0 Å². The highest BCUT2D eigenvalue weighted by molar-refractivity contribution is 7.10. The van der Waals surface area contributed by atoms with Gasteiger partial charge in [0.25, 0.3) is 0 Å². The van der Waals surface area contributed by atoms with E-state index in [1.807, 2.05) is 6.92 Å². The van der Waals surface area contributed by atoms with Gasteiger partial charge >= 0.3 is 5.97 Å². The highest BCUT2D eigenvalue weighted by atomic mass is 32.1. The van der Waals surface area contributed by atoms with Crippen molar-refractivity contribution in [1.82, 2.24) is 5.32 Å². The van der Waals surface area contributed by atoms with Crippen LogP contribution >= 0.6 is 11.3 Å². The Kier molecular flexibility index (Phi) is 5.35. The lowest BCUT2D eigenvalue weighted by molar-refractivity contribution is -0.141. The summed E-state index contributed by atoms with van der Waals surface area (Å²) in [4.78, 5) is 12.3. The van der Waals surface area contributed by atoms with Gasteiger partial charge in [-0.3, -0.25) is 4.79 Å². The molecule has 4 heteroatoms. The molecule has 0 saturated carbocycles. The molecule has 0 aromatic carbocycles. The number of carboxylic acid groups (broad SMARTS) is 1. The zero-order chi connectivity index (χ0) is 13.8. The van der Waals surface area contributed by atoms with Gasteiger partial charge in [0.05, 0.1) is 5.92 Å². The third-order valence-corrected chi connectivity index (χ3v) is 4.66. The molecule has 1 unspecified atom stereocenters. The number of nitrogens with one attached hydrogen (secondary N) is 1. The van der Waals surface area contributed by atoms with Crippen LogP contribution in [0.1, 0.15) is 37.6 Å². The fraction of sp³-hybridized carbons (Fsp3) is 0.643. The molecule has 0 fully saturated rings.